The smallest absolute Gasteiger partial charge is 0.261 e. The van der Waals surface area contributed by atoms with Crippen molar-refractivity contribution in [3.63, 3.8) is 0 Å². The van der Waals surface area contributed by atoms with E-state index in [2.05, 4.69) is 71.2 Å². The lowest BCUT2D eigenvalue weighted by Gasteiger charge is -2.33. The van der Waals surface area contributed by atoms with Crippen LogP contribution in [0.1, 0.15) is 68.9 Å². The van der Waals surface area contributed by atoms with Crippen molar-refractivity contribution in [1.29, 1.82) is 0 Å². The lowest BCUT2D eigenvalue weighted by Crippen LogP contribution is -2.43. The molecule has 4 aromatic carbocycles. The van der Waals surface area contributed by atoms with Crippen molar-refractivity contribution in [2.24, 2.45) is 0 Å². The maximum absolute atomic E-state index is 13.3. The Morgan fingerprint density at radius 1 is 0.667 bits per heavy atom. The molecule has 2 aliphatic heterocycles. The zero-order valence-electron chi connectivity index (χ0n) is 32.6. The first-order valence-electron chi connectivity index (χ1n) is 19.2. The molecule has 2 unspecified atom stereocenters. The summed E-state index contributed by atoms with van der Waals surface area (Å²) in [4.78, 5) is 39.6. The van der Waals surface area contributed by atoms with Crippen molar-refractivity contribution in [1.82, 2.24) is 28.9 Å². The van der Waals surface area contributed by atoms with E-state index < -0.39 is 0 Å². The van der Waals surface area contributed by atoms with Crippen LogP contribution < -0.4 is 11.1 Å². The molecule has 0 bridgehead atoms. The minimum absolute atomic E-state index is 0.00782. The van der Waals surface area contributed by atoms with Crippen LogP contribution in [-0.2, 0) is 26.2 Å². The summed E-state index contributed by atoms with van der Waals surface area (Å²) in [5.41, 5.74) is 3.48. The van der Waals surface area contributed by atoms with Crippen molar-refractivity contribution in [2.75, 3.05) is 13.1 Å². The van der Waals surface area contributed by atoms with Crippen LogP contribution in [0.25, 0.3) is 21.8 Å². The fraction of sp³-hybridized carbons (Fsp3) is 0.304. The molecular formula is C46H45BrF2N6O2. The van der Waals surface area contributed by atoms with Crippen molar-refractivity contribution < 1.29 is 8.78 Å². The summed E-state index contributed by atoms with van der Waals surface area (Å²) >= 11 is 3.44. The van der Waals surface area contributed by atoms with E-state index in [0.29, 0.717) is 52.6 Å². The Labute approximate surface area is 340 Å². The van der Waals surface area contributed by atoms with Crippen molar-refractivity contribution in [3.05, 3.63) is 150 Å². The molecule has 0 aliphatic carbocycles. The zero-order valence-corrected chi connectivity index (χ0v) is 34.2. The number of fused-ring (bicyclic) bond motifs is 4. The first kappa shape index (κ1) is 41.2. The Kier molecular flexibility index (Phi) is 13.5. The zero-order chi connectivity index (χ0) is 40.6. The SMILES string of the molecule is C#Cc1cccc(F)c1.CCC(C)N1CCn2c(nc3cc(Br)ccc3c2=O)C1.CCC(C)N1CCn2c(nc3cc(C#Cc4cccc(F)c4)ccc3c2=O)C1. The molecule has 0 amide bonds. The molecule has 57 heavy (non-hydrogen) atoms. The second-order valence-corrected chi connectivity index (χ2v) is 15.1. The maximum atomic E-state index is 13.3. The van der Waals surface area contributed by atoms with Gasteiger partial charge in [-0.05, 0) is 99.5 Å². The van der Waals surface area contributed by atoms with Gasteiger partial charge in [0.05, 0.1) is 34.9 Å². The molecule has 4 heterocycles. The normalized spacial score (nSPS) is 14.7. The quantitative estimate of drug-likeness (QED) is 0.167. The maximum Gasteiger partial charge on any atom is 0.261 e. The monoisotopic (exact) mass is 830 g/mol. The number of nitrogens with zero attached hydrogens (tertiary/aromatic N) is 6. The lowest BCUT2D eigenvalue weighted by atomic mass is 10.1. The number of hydrogen-bond donors (Lipinski definition) is 0. The van der Waals surface area contributed by atoms with Gasteiger partial charge in [-0.15, -0.1) is 6.42 Å². The molecule has 292 valence electrons. The first-order valence-corrected chi connectivity index (χ1v) is 20.0. The van der Waals surface area contributed by atoms with Crippen LogP contribution in [0.2, 0.25) is 0 Å². The largest absolute Gasteiger partial charge is 0.294 e. The fourth-order valence-electron chi connectivity index (χ4n) is 6.82. The van der Waals surface area contributed by atoms with E-state index in [1.165, 1.54) is 24.3 Å². The van der Waals surface area contributed by atoms with Gasteiger partial charge in [-0.25, -0.2) is 18.7 Å². The third-order valence-electron chi connectivity index (χ3n) is 10.5. The molecule has 2 aromatic heterocycles. The molecule has 8 nitrogen and oxygen atoms in total. The van der Waals surface area contributed by atoms with Gasteiger partial charge in [0.15, 0.2) is 0 Å². The topological polar surface area (TPSA) is 76.3 Å². The lowest BCUT2D eigenvalue weighted by molar-refractivity contribution is 0.156. The molecular weight excluding hydrogens is 786 g/mol. The Morgan fingerprint density at radius 3 is 1.63 bits per heavy atom. The van der Waals surface area contributed by atoms with Gasteiger partial charge >= 0.3 is 0 Å². The molecule has 2 aliphatic rings. The summed E-state index contributed by atoms with van der Waals surface area (Å²) in [6, 6.07) is 24.2. The Balaban J connectivity index is 0.000000164. The van der Waals surface area contributed by atoms with Gasteiger partial charge < -0.3 is 0 Å². The van der Waals surface area contributed by atoms with Crippen molar-refractivity contribution in [2.45, 2.75) is 78.8 Å². The van der Waals surface area contributed by atoms with Crippen LogP contribution in [0.15, 0.2) is 99.0 Å². The molecule has 0 N–H and O–H groups in total. The number of terminal acetylenes is 1. The molecule has 2 atom stereocenters. The number of aromatic nitrogens is 4. The Morgan fingerprint density at radius 2 is 1.14 bits per heavy atom. The number of hydrogen-bond acceptors (Lipinski definition) is 6. The summed E-state index contributed by atoms with van der Waals surface area (Å²) in [6.07, 6.45) is 7.18. The first-order chi connectivity index (χ1) is 27.5. The van der Waals surface area contributed by atoms with E-state index in [9.17, 15) is 18.4 Å². The van der Waals surface area contributed by atoms with Crippen LogP contribution in [-0.4, -0.2) is 54.1 Å². The average Bonchev–Trinajstić information content (AvgIpc) is 3.22. The van der Waals surface area contributed by atoms with E-state index in [4.69, 9.17) is 16.4 Å². The highest BCUT2D eigenvalue weighted by Crippen LogP contribution is 2.20. The van der Waals surface area contributed by atoms with Crippen molar-refractivity contribution >= 4 is 37.7 Å². The highest BCUT2D eigenvalue weighted by molar-refractivity contribution is 9.10. The molecule has 11 heteroatoms. The fourth-order valence-corrected chi connectivity index (χ4v) is 7.17. The predicted octanol–water partition coefficient (Wildman–Crippen LogP) is 8.13. The molecule has 8 rings (SSSR count). The van der Waals surface area contributed by atoms with Gasteiger partial charge in [-0.2, -0.15) is 0 Å². The summed E-state index contributed by atoms with van der Waals surface area (Å²) in [5, 5.41) is 1.31. The molecule has 0 saturated heterocycles. The van der Waals surface area contributed by atoms with E-state index >= 15 is 0 Å². The van der Waals surface area contributed by atoms with Gasteiger partial charge in [0.1, 0.15) is 23.3 Å². The van der Waals surface area contributed by atoms with Crippen molar-refractivity contribution in [3.8, 4) is 24.2 Å². The van der Waals surface area contributed by atoms with Gasteiger partial charge in [0, 0.05) is 59.4 Å². The summed E-state index contributed by atoms with van der Waals surface area (Å²) < 4.78 is 30.1. The van der Waals surface area contributed by atoms with Gasteiger partial charge in [0.2, 0.25) is 0 Å². The minimum atomic E-state index is -0.308. The predicted molar refractivity (Wildman–Crippen MR) is 227 cm³/mol. The van der Waals surface area contributed by atoms with Crippen LogP contribution in [0, 0.1) is 35.8 Å². The Bertz CT molecular complexity index is 2640. The van der Waals surface area contributed by atoms with Crippen LogP contribution in [0.4, 0.5) is 8.78 Å². The highest BCUT2D eigenvalue weighted by Gasteiger charge is 2.24. The molecule has 0 radical (unpaired) electrons. The third-order valence-corrected chi connectivity index (χ3v) is 11.0. The van der Waals surface area contributed by atoms with E-state index in [0.717, 1.165) is 66.2 Å². The number of benzene rings is 4. The molecule has 0 spiro atoms. The highest BCUT2D eigenvalue weighted by atomic mass is 79.9. The van der Waals surface area contributed by atoms with Crippen LogP contribution in [0.5, 0.6) is 0 Å². The van der Waals surface area contributed by atoms with Gasteiger partial charge in [-0.1, -0.05) is 59.7 Å². The van der Waals surface area contributed by atoms with Crippen LogP contribution in [0.3, 0.4) is 0 Å². The van der Waals surface area contributed by atoms with E-state index in [-0.39, 0.29) is 22.8 Å². The van der Waals surface area contributed by atoms with Gasteiger partial charge in [-0.3, -0.25) is 28.5 Å². The number of halogens is 3. The molecule has 0 saturated carbocycles. The average molecular weight is 832 g/mol. The standard InChI is InChI=1S/C23H22FN3O.C15H18BrN3O.C8H5F/c1-3-16(2)26-11-12-27-22(15-26)25-21-14-18(9-10-20(21)23(27)28)8-7-17-5-4-6-19(24)13-17;1-3-10(2)18-6-7-19-14(9-18)17-13-8-11(16)4-5-12(13)15(19)20;1-2-7-4-3-5-8(9)6-7/h4-6,9-10,13-14,16H,3,11-12,15H2,1-2H3;4-5,8,10H,3,6-7,9H2,1-2H3;1,3-6H. The molecule has 0 fully saturated rings. The van der Waals surface area contributed by atoms with E-state index in [1.807, 2.05) is 34.9 Å². The summed E-state index contributed by atoms with van der Waals surface area (Å²) in [6.45, 7) is 13.4. The number of rotatable bonds is 4. The Hall–Kier alpha value is -5.46. The third kappa shape index (κ3) is 9.92. The minimum Gasteiger partial charge on any atom is -0.294 e. The van der Waals surface area contributed by atoms with E-state index in [1.54, 1.807) is 34.9 Å². The second-order valence-electron chi connectivity index (χ2n) is 14.2. The summed E-state index contributed by atoms with van der Waals surface area (Å²) in [7, 11) is 0. The summed E-state index contributed by atoms with van der Waals surface area (Å²) in [5.74, 6) is 9.42. The van der Waals surface area contributed by atoms with Crippen LogP contribution >= 0.6 is 15.9 Å². The second kappa shape index (κ2) is 18.7. The van der Waals surface area contributed by atoms with Gasteiger partial charge in [0.25, 0.3) is 11.1 Å². The molecule has 6 aromatic rings.